The second kappa shape index (κ2) is 16.8. The molecule has 0 atom stereocenters. The van der Waals surface area contributed by atoms with Gasteiger partial charge in [-0.05, 0) is 6.92 Å². The summed E-state index contributed by atoms with van der Waals surface area (Å²) in [5.41, 5.74) is 1.74. The molecule has 0 radical (unpaired) electrons. The van der Waals surface area contributed by atoms with Gasteiger partial charge in [-0.15, -0.1) is 0 Å². The van der Waals surface area contributed by atoms with Gasteiger partial charge in [0.25, 0.3) is 0 Å². The number of halogens is 2. The zero-order chi connectivity index (χ0) is 22.5. The molecule has 1 aromatic rings. The average molecular weight is 477 g/mol. The molecular formula is C23H38Cl2N2O4. The van der Waals surface area contributed by atoms with Crippen LogP contribution in [-0.2, 0) is 25.6 Å². The van der Waals surface area contributed by atoms with Crippen molar-refractivity contribution in [2.45, 2.75) is 13.5 Å². The molecule has 0 aliphatic carbocycles. The number of hydrogen-bond acceptors (Lipinski definition) is 4. The quantitative estimate of drug-likeness (QED) is 0.203. The van der Waals surface area contributed by atoms with E-state index >= 15 is 0 Å². The first-order valence-electron chi connectivity index (χ1n) is 9.64. The van der Waals surface area contributed by atoms with Crippen molar-refractivity contribution in [1.82, 2.24) is 0 Å². The summed E-state index contributed by atoms with van der Waals surface area (Å²) in [4.78, 5) is 21.8. The van der Waals surface area contributed by atoms with Crippen molar-refractivity contribution in [2.24, 2.45) is 0 Å². The number of esters is 2. The van der Waals surface area contributed by atoms with Crippen LogP contribution in [-0.4, -0.2) is 82.4 Å². The maximum atomic E-state index is 10.9. The van der Waals surface area contributed by atoms with Gasteiger partial charge in [0.05, 0.1) is 35.2 Å². The van der Waals surface area contributed by atoms with E-state index in [0.29, 0.717) is 18.8 Å². The third-order valence-corrected chi connectivity index (χ3v) is 3.90. The van der Waals surface area contributed by atoms with Gasteiger partial charge in [0.15, 0.2) is 0 Å². The summed E-state index contributed by atoms with van der Waals surface area (Å²) in [6, 6.07) is 10.3. The highest BCUT2D eigenvalue weighted by Gasteiger charge is 2.16. The Bertz CT molecular complexity index is 672. The van der Waals surface area contributed by atoms with Crippen LogP contribution in [0.5, 0.6) is 0 Å². The smallest absolute Gasteiger partial charge is 0.333 e. The monoisotopic (exact) mass is 476 g/mol. The van der Waals surface area contributed by atoms with E-state index in [1.165, 1.54) is 11.6 Å². The fourth-order valence-corrected chi connectivity index (χ4v) is 2.14. The van der Waals surface area contributed by atoms with Crippen molar-refractivity contribution in [3.8, 4) is 0 Å². The van der Waals surface area contributed by atoms with Crippen LogP contribution in [0.3, 0.4) is 0 Å². The molecule has 1 rings (SSSR count). The van der Waals surface area contributed by atoms with Crippen LogP contribution in [0.25, 0.3) is 0 Å². The SMILES string of the molecule is C=C(C)C(=O)OCC[N+](C)(C)C.C=CC(=O)OCC[N+](C)(C)Cc1ccccc1.[Cl-].[Cl-]. The molecule has 0 aromatic heterocycles. The highest BCUT2D eigenvalue weighted by atomic mass is 35.5. The van der Waals surface area contributed by atoms with Crippen molar-refractivity contribution < 1.29 is 52.8 Å². The summed E-state index contributed by atoms with van der Waals surface area (Å²) in [5.74, 6) is -0.659. The van der Waals surface area contributed by atoms with Crippen LogP contribution >= 0.6 is 0 Å². The molecule has 8 heteroatoms. The number of benzene rings is 1. The van der Waals surface area contributed by atoms with Crippen LogP contribution in [0, 0.1) is 0 Å². The van der Waals surface area contributed by atoms with E-state index in [4.69, 9.17) is 9.47 Å². The van der Waals surface area contributed by atoms with Crippen LogP contribution < -0.4 is 24.8 Å². The molecule has 0 spiro atoms. The second-order valence-corrected chi connectivity index (χ2v) is 8.60. The molecule has 6 nitrogen and oxygen atoms in total. The lowest BCUT2D eigenvalue weighted by atomic mass is 10.2. The molecule has 0 saturated carbocycles. The molecule has 0 bridgehead atoms. The minimum Gasteiger partial charge on any atom is -1.00 e. The number of carbonyl (C=O) groups is 2. The Morgan fingerprint density at radius 3 is 1.90 bits per heavy atom. The predicted octanol–water partition coefficient (Wildman–Crippen LogP) is -3.19. The maximum absolute atomic E-state index is 10.9. The summed E-state index contributed by atoms with van der Waals surface area (Å²) >= 11 is 0. The van der Waals surface area contributed by atoms with E-state index in [1.807, 2.05) is 18.2 Å². The Morgan fingerprint density at radius 2 is 1.45 bits per heavy atom. The first-order valence-corrected chi connectivity index (χ1v) is 9.64. The summed E-state index contributed by atoms with van der Waals surface area (Å²) in [6.07, 6.45) is 1.19. The van der Waals surface area contributed by atoms with Gasteiger partial charge in [-0.25, -0.2) is 9.59 Å². The van der Waals surface area contributed by atoms with E-state index < -0.39 is 0 Å². The van der Waals surface area contributed by atoms with Gasteiger partial charge >= 0.3 is 11.9 Å². The Morgan fingerprint density at radius 1 is 0.935 bits per heavy atom. The lowest BCUT2D eigenvalue weighted by Gasteiger charge is -2.29. The average Bonchev–Trinajstić information content (AvgIpc) is 2.61. The number of hydrogen-bond donors (Lipinski definition) is 0. The summed E-state index contributed by atoms with van der Waals surface area (Å²) in [6.45, 7) is 11.9. The van der Waals surface area contributed by atoms with Gasteiger partial charge in [0.1, 0.15) is 32.8 Å². The topological polar surface area (TPSA) is 52.6 Å². The molecule has 0 aliphatic heterocycles. The molecule has 178 valence electrons. The van der Waals surface area contributed by atoms with Gasteiger partial charge in [0, 0.05) is 17.2 Å². The Balaban J connectivity index is -0.000000502. The standard InChI is InChI=1S/C14H20NO2.C9H18NO2.2ClH/c1-4-14(16)17-11-10-15(2,3)12-13-8-6-5-7-9-13;1-8(2)9(11)12-7-6-10(3,4)5;;/h4-9H,1,10-12H2,2-3H3;1,6-7H2,2-5H3;2*1H/q2*+1;;/p-2. The van der Waals surface area contributed by atoms with E-state index in [1.54, 1.807) is 6.92 Å². The second-order valence-electron chi connectivity index (χ2n) is 8.60. The minimum atomic E-state index is -0.357. The number of nitrogens with zero attached hydrogens (tertiary/aromatic N) is 2. The van der Waals surface area contributed by atoms with Crippen LogP contribution in [0.2, 0.25) is 0 Å². The van der Waals surface area contributed by atoms with Crippen LogP contribution in [0.1, 0.15) is 12.5 Å². The number of carbonyl (C=O) groups excluding carboxylic acids is 2. The van der Waals surface area contributed by atoms with E-state index in [0.717, 1.165) is 28.6 Å². The van der Waals surface area contributed by atoms with Crippen molar-refractivity contribution in [3.05, 3.63) is 60.7 Å². The molecule has 1 aromatic carbocycles. The van der Waals surface area contributed by atoms with Gasteiger partial charge in [-0.1, -0.05) is 43.5 Å². The Labute approximate surface area is 200 Å². The molecule has 31 heavy (non-hydrogen) atoms. The Hall–Kier alpha value is -1.86. The normalized spacial score (nSPS) is 10.3. The summed E-state index contributed by atoms with van der Waals surface area (Å²) < 4.78 is 11.5. The molecule has 0 unspecified atom stereocenters. The highest BCUT2D eigenvalue weighted by molar-refractivity contribution is 5.86. The van der Waals surface area contributed by atoms with Crippen molar-refractivity contribution in [1.29, 1.82) is 0 Å². The fourth-order valence-electron chi connectivity index (χ4n) is 2.14. The van der Waals surface area contributed by atoms with Crippen molar-refractivity contribution in [3.63, 3.8) is 0 Å². The fraction of sp³-hybridized carbons (Fsp3) is 0.478. The molecule has 0 N–H and O–H groups in total. The number of ether oxygens (including phenoxy) is 2. The van der Waals surface area contributed by atoms with Gasteiger partial charge in [-0.3, -0.25) is 0 Å². The summed E-state index contributed by atoms with van der Waals surface area (Å²) in [5, 5.41) is 0. The van der Waals surface area contributed by atoms with E-state index in [-0.39, 0.29) is 36.8 Å². The lowest BCUT2D eigenvalue weighted by molar-refractivity contribution is -0.903. The zero-order valence-corrected chi connectivity index (χ0v) is 21.2. The highest BCUT2D eigenvalue weighted by Crippen LogP contribution is 2.08. The van der Waals surface area contributed by atoms with Gasteiger partial charge < -0.3 is 43.3 Å². The molecule has 0 amide bonds. The minimum absolute atomic E-state index is 0. The number of likely N-dealkylation sites (N-methyl/N-ethyl adjacent to an activating group) is 2. The van der Waals surface area contributed by atoms with Gasteiger partial charge in [-0.2, -0.15) is 0 Å². The van der Waals surface area contributed by atoms with E-state index in [2.05, 4.69) is 60.5 Å². The molecular weight excluding hydrogens is 439 g/mol. The zero-order valence-electron chi connectivity index (χ0n) is 19.7. The van der Waals surface area contributed by atoms with Crippen molar-refractivity contribution >= 4 is 11.9 Å². The molecule has 0 fully saturated rings. The predicted molar refractivity (Wildman–Crippen MR) is 117 cm³/mol. The maximum Gasteiger partial charge on any atom is 0.333 e. The number of quaternary nitrogens is 2. The number of rotatable bonds is 10. The van der Waals surface area contributed by atoms with Gasteiger partial charge in [0.2, 0.25) is 0 Å². The first-order chi connectivity index (χ1) is 13.4. The van der Waals surface area contributed by atoms with E-state index in [9.17, 15) is 9.59 Å². The first kappa shape index (κ1) is 33.8. The Kier molecular flexibility index (Phi) is 18.3. The molecule has 0 aliphatic rings. The summed E-state index contributed by atoms with van der Waals surface area (Å²) in [7, 11) is 10.4. The molecule has 0 heterocycles. The van der Waals surface area contributed by atoms with Crippen LogP contribution in [0.4, 0.5) is 0 Å². The molecule has 0 saturated heterocycles. The third-order valence-electron chi connectivity index (χ3n) is 3.90. The van der Waals surface area contributed by atoms with Crippen LogP contribution in [0.15, 0.2) is 55.1 Å². The lowest BCUT2D eigenvalue weighted by Crippen LogP contribution is -3.00. The van der Waals surface area contributed by atoms with Crippen molar-refractivity contribution in [2.75, 3.05) is 61.5 Å². The largest absolute Gasteiger partial charge is 1.00 e. The third kappa shape index (κ3) is 19.8.